The summed E-state index contributed by atoms with van der Waals surface area (Å²) >= 11 is 0. The topological polar surface area (TPSA) is 55.4 Å². The van der Waals surface area contributed by atoms with Crippen LogP contribution in [0.25, 0.3) is 0 Å². The summed E-state index contributed by atoms with van der Waals surface area (Å²) in [5.41, 5.74) is 3.84. The molecule has 148 valence electrons. The Bertz CT molecular complexity index is 741. The number of rotatable bonds is 4. The molecule has 4 nitrogen and oxygen atoms in total. The second kappa shape index (κ2) is 7.29. The van der Waals surface area contributed by atoms with Gasteiger partial charge in [-0.05, 0) is 59.6 Å². The number of benzene rings is 1. The number of methoxy groups -OCH3 is 1. The molecule has 0 saturated heterocycles. The molecule has 2 aliphatic rings. The van der Waals surface area contributed by atoms with E-state index in [4.69, 9.17) is 0 Å². The van der Waals surface area contributed by atoms with Gasteiger partial charge in [0.2, 0.25) is 5.91 Å². The lowest BCUT2D eigenvalue weighted by Gasteiger charge is -2.54. The summed E-state index contributed by atoms with van der Waals surface area (Å²) in [6, 6.07) is 6.96. The molecule has 0 aromatic heterocycles. The van der Waals surface area contributed by atoms with Gasteiger partial charge in [0, 0.05) is 0 Å². The molecule has 27 heavy (non-hydrogen) atoms. The fourth-order valence-electron chi connectivity index (χ4n) is 5.57. The van der Waals surface area contributed by atoms with Crippen LogP contribution in [-0.4, -0.2) is 25.5 Å². The number of hydrogen-bond donors (Lipinski definition) is 1. The minimum Gasteiger partial charge on any atom is -0.468 e. The molecule has 0 radical (unpaired) electrons. The maximum atomic E-state index is 13.1. The molecule has 1 N–H and O–H groups in total. The first-order chi connectivity index (χ1) is 12.7. The lowest BCUT2D eigenvalue weighted by molar-refractivity contribution is -0.145. The average Bonchev–Trinajstić information content (AvgIpc) is 2.65. The van der Waals surface area contributed by atoms with Crippen molar-refractivity contribution >= 4 is 11.9 Å². The van der Waals surface area contributed by atoms with E-state index in [1.165, 1.54) is 23.8 Å². The van der Waals surface area contributed by atoms with Crippen LogP contribution in [0.15, 0.2) is 18.2 Å². The van der Waals surface area contributed by atoms with Crippen molar-refractivity contribution in [3.05, 3.63) is 34.9 Å². The van der Waals surface area contributed by atoms with Gasteiger partial charge in [0.25, 0.3) is 0 Å². The van der Waals surface area contributed by atoms with E-state index in [1.54, 1.807) is 0 Å². The number of carbonyl (C=O) groups excluding carboxylic acids is 2. The molecule has 3 rings (SSSR count). The van der Waals surface area contributed by atoms with Gasteiger partial charge in [-0.2, -0.15) is 0 Å². The van der Waals surface area contributed by atoms with E-state index in [2.05, 4.69) is 55.9 Å². The van der Waals surface area contributed by atoms with Crippen molar-refractivity contribution < 1.29 is 14.3 Å². The monoisotopic (exact) mass is 371 g/mol. The predicted octanol–water partition coefficient (Wildman–Crippen LogP) is 4.11. The number of carbonyl (C=O) groups is 2. The van der Waals surface area contributed by atoms with E-state index in [9.17, 15) is 9.59 Å². The lowest BCUT2D eigenvalue weighted by atomic mass is 9.49. The van der Waals surface area contributed by atoms with Crippen molar-refractivity contribution in [1.82, 2.24) is 5.32 Å². The third-order valence-corrected chi connectivity index (χ3v) is 7.18. The van der Waals surface area contributed by atoms with Crippen LogP contribution in [0.3, 0.4) is 0 Å². The molecular weight excluding hydrogens is 338 g/mol. The summed E-state index contributed by atoms with van der Waals surface area (Å²) in [5.74, 6) is 0.405. The van der Waals surface area contributed by atoms with Crippen LogP contribution >= 0.6 is 0 Å². The van der Waals surface area contributed by atoms with Crippen molar-refractivity contribution in [2.75, 3.05) is 13.7 Å². The van der Waals surface area contributed by atoms with Crippen LogP contribution in [0.4, 0.5) is 0 Å². The zero-order valence-electron chi connectivity index (χ0n) is 17.4. The summed E-state index contributed by atoms with van der Waals surface area (Å²) in [5, 5.41) is 2.83. The number of nitrogens with one attached hydrogen (secondary N) is 1. The molecular formula is C23H33NO3. The zero-order valence-corrected chi connectivity index (χ0v) is 17.4. The van der Waals surface area contributed by atoms with E-state index < -0.39 is 11.4 Å². The Morgan fingerprint density at radius 1 is 1.26 bits per heavy atom. The number of amides is 1. The van der Waals surface area contributed by atoms with Gasteiger partial charge in [-0.25, -0.2) is 0 Å². The molecule has 0 unspecified atom stereocenters. The summed E-state index contributed by atoms with van der Waals surface area (Å²) in [4.78, 5) is 24.5. The van der Waals surface area contributed by atoms with E-state index in [0.717, 1.165) is 32.1 Å². The molecule has 1 aromatic carbocycles. The molecule has 0 bridgehead atoms. The number of ether oxygens (including phenoxy) is 1. The third kappa shape index (κ3) is 3.39. The summed E-state index contributed by atoms with van der Waals surface area (Å²) in [6.45, 7) is 8.85. The van der Waals surface area contributed by atoms with Crippen molar-refractivity contribution in [2.24, 2.45) is 11.3 Å². The molecule has 1 amide bonds. The SMILES string of the molecule is COC(=O)CNC(=O)[C@]1(C)CCC[C@]2(C)c3ccc(C(C)C)cc3CC[C@@H]12. The molecule has 2 aliphatic carbocycles. The van der Waals surface area contributed by atoms with Gasteiger partial charge < -0.3 is 10.1 Å². The Morgan fingerprint density at radius 2 is 2.00 bits per heavy atom. The number of aryl methyl sites for hydroxylation is 1. The van der Waals surface area contributed by atoms with Crippen LogP contribution in [0.5, 0.6) is 0 Å². The summed E-state index contributed by atoms with van der Waals surface area (Å²) in [6.07, 6.45) is 5.06. The third-order valence-electron chi connectivity index (χ3n) is 7.18. The molecule has 1 aromatic rings. The van der Waals surface area contributed by atoms with Crippen molar-refractivity contribution in [1.29, 1.82) is 0 Å². The highest BCUT2D eigenvalue weighted by Crippen LogP contribution is 2.57. The van der Waals surface area contributed by atoms with Gasteiger partial charge in [-0.1, -0.05) is 52.3 Å². The van der Waals surface area contributed by atoms with Crippen molar-refractivity contribution in [2.45, 2.75) is 71.1 Å². The fourth-order valence-corrected chi connectivity index (χ4v) is 5.57. The largest absolute Gasteiger partial charge is 0.468 e. The molecule has 0 heterocycles. The van der Waals surface area contributed by atoms with E-state index in [-0.39, 0.29) is 23.8 Å². The normalized spacial score (nSPS) is 29.6. The van der Waals surface area contributed by atoms with Gasteiger partial charge in [-0.3, -0.25) is 9.59 Å². The Morgan fingerprint density at radius 3 is 2.67 bits per heavy atom. The van der Waals surface area contributed by atoms with Crippen LogP contribution < -0.4 is 5.32 Å². The van der Waals surface area contributed by atoms with Gasteiger partial charge in [0.05, 0.1) is 12.5 Å². The van der Waals surface area contributed by atoms with Gasteiger partial charge in [0.15, 0.2) is 0 Å². The average molecular weight is 372 g/mol. The Kier molecular flexibility index (Phi) is 5.38. The van der Waals surface area contributed by atoms with E-state index in [0.29, 0.717) is 5.92 Å². The Hall–Kier alpha value is -1.84. The first-order valence-corrected chi connectivity index (χ1v) is 10.2. The Labute approximate surface area is 163 Å². The molecule has 0 aliphatic heterocycles. The number of fused-ring (bicyclic) bond motifs is 3. The lowest BCUT2D eigenvalue weighted by Crippen LogP contribution is -2.55. The second-order valence-electron chi connectivity index (χ2n) is 9.11. The second-order valence-corrected chi connectivity index (χ2v) is 9.11. The number of hydrogen-bond acceptors (Lipinski definition) is 3. The highest BCUT2D eigenvalue weighted by Gasteiger charge is 2.54. The van der Waals surface area contributed by atoms with Crippen LogP contribution in [-0.2, 0) is 26.2 Å². The fraction of sp³-hybridized carbons (Fsp3) is 0.652. The minimum atomic E-state index is -0.449. The number of esters is 1. The smallest absolute Gasteiger partial charge is 0.325 e. The van der Waals surface area contributed by atoms with Crippen LogP contribution in [0.1, 0.15) is 76.0 Å². The quantitative estimate of drug-likeness (QED) is 0.811. The predicted molar refractivity (Wildman–Crippen MR) is 107 cm³/mol. The van der Waals surface area contributed by atoms with E-state index in [1.807, 2.05) is 0 Å². The highest BCUT2D eigenvalue weighted by molar-refractivity contribution is 5.86. The molecule has 3 atom stereocenters. The highest BCUT2D eigenvalue weighted by atomic mass is 16.5. The molecule has 1 saturated carbocycles. The van der Waals surface area contributed by atoms with Gasteiger partial charge in [0.1, 0.15) is 6.54 Å². The summed E-state index contributed by atoms with van der Waals surface area (Å²) in [7, 11) is 1.34. The standard InChI is InChI=1S/C23H33NO3/c1-15(2)16-7-9-18-17(13-16)8-10-19-22(18,3)11-6-12-23(19,4)21(26)24-14-20(25)27-5/h7,9,13,15,19H,6,8,10-12,14H2,1-5H3,(H,24,26)/t19-,22-,23-/m1/s1. The molecule has 0 spiro atoms. The summed E-state index contributed by atoms with van der Waals surface area (Å²) < 4.78 is 4.67. The van der Waals surface area contributed by atoms with Gasteiger partial charge >= 0.3 is 5.97 Å². The van der Waals surface area contributed by atoms with Gasteiger partial charge in [-0.15, -0.1) is 0 Å². The van der Waals surface area contributed by atoms with Crippen LogP contribution in [0, 0.1) is 11.3 Å². The van der Waals surface area contributed by atoms with Crippen molar-refractivity contribution in [3.8, 4) is 0 Å². The minimum absolute atomic E-state index is 0.00826. The first kappa shape index (κ1) is 19.9. The van der Waals surface area contributed by atoms with E-state index >= 15 is 0 Å². The van der Waals surface area contributed by atoms with Crippen LogP contribution in [0.2, 0.25) is 0 Å². The molecule has 1 fully saturated rings. The maximum Gasteiger partial charge on any atom is 0.325 e. The zero-order chi connectivity index (χ0) is 19.8. The van der Waals surface area contributed by atoms with Crippen molar-refractivity contribution in [3.63, 3.8) is 0 Å². The molecule has 4 heteroatoms. The first-order valence-electron chi connectivity index (χ1n) is 10.2. The maximum absolute atomic E-state index is 13.1. The Balaban J connectivity index is 1.91.